The number of aliphatic carboxylic acids is 1. The first-order valence-corrected chi connectivity index (χ1v) is 5.27. The minimum absolute atomic E-state index is 0.349. The Balaban J connectivity index is 2.89. The van der Waals surface area contributed by atoms with Crippen LogP contribution in [0.15, 0.2) is 24.3 Å². The number of hydrogen-bond donors (Lipinski definition) is 2. The van der Waals surface area contributed by atoms with Gasteiger partial charge in [-0.3, -0.25) is 4.79 Å². The van der Waals surface area contributed by atoms with E-state index in [9.17, 15) is 4.79 Å². The van der Waals surface area contributed by atoms with Crippen molar-refractivity contribution in [3.8, 4) is 0 Å². The zero-order chi connectivity index (χ0) is 10.8. The molecule has 0 spiro atoms. The van der Waals surface area contributed by atoms with Crippen LogP contribution in [0, 0.1) is 3.57 Å². The van der Waals surface area contributed by atoms with Gasteiger partial charge < -0.3 is 10.8 Å². The molecule has 0 heterocycles. The predicted octanol–water partition coefficient (Wildman–Crippen LogP) is 1.64. The molecule has 0 radical (unpaired) electrons. The highest BCUT2D eigenvalue weighted by molar-refractivity contribution is 14.1. The number of halogens is 1. The van der Waals surface area contributed by atoms with Crippen LogP contribution >= 0.6 is 22.6 Å². The third-order valence-corrected chi connectivity index (χ3v) is 3.06. The fourth-order valence-corrected chi connectivity index (χ4v) is 1.69. The highest BCUT2D eigenvalue weighted by atomic mass is 127. The summed E-state index contributed by atoms with van der Waals surface area (Å²) in [5, 5.41) is 8.87. The van der Waals surface area contributed by atoms with E-state index in [4.69, 9.17) is 10.8 Å². The first-order valence-electron chi connectivity index (χ1n) is 4.19. The van der Waals surface area contributed by atoms with Crippen molar-refractivity contribution in [2.45, 2.75) is 18.9 Å². The van der Waals surface area contributed by atoms with Gasteiger partial charge >= 0.3 is 5.97 Å². The van der Waals surface area contributed by atoms with Gasteiger partial charge in [0.1, 0.15) is 5.54 Å². The van der Waals surface area contributed by atoms with Crippen LogP contribution in [-0.2, 0) is 11.2 Å². The van der Waals surface area contributed by atoms with Gasteiger partial charge in [-0.2, -0.15) is 0 Å². The van der Waals surface area contributed by atoms with Gasteiger partial charge in [0.05, 0.1) is 0 Å². The Labute approximate surface area is 96.4 Å². The van der Waals surface area contributed by atoms with Gasteiger partial charge in [-0.25, -0.2) is 0 Å². The molecule has 0 fully saturated rings. The second-order valence-electron chi connectivity index (χ2n) is 3.49. The highest BCUT2D eigenvalue weighted by Gasteiger charge is 2.28. The standard InChI is InChI=1S/C10H12INO2/c1-10(12,9(13)14)6-7-4-2-3-5-8(7)11/h2-5H,6,12H2,1H3,(H,13,14). The molecule has 1 atom stereocenters. The summed E-state index contributed by atoms with van der Waals surface area (Å²) < 4.78 is 1.04. The molecule has 0 aliphatic heterocycles. The predicted molar refractivity (Wildman–Crippen MR) is 63.1 cm³/mol. The summed E-state index contributed by atoms with van der Waals surface area (Å²) in [6.07, 6.45) is 0.349. The summed E-state index contributed by atoms with van der Waals surface area (Å²) >= 11 is 2.18. The first kappa shape index (κ1) is 11.5. The number of nitrogens with two attached hydrogens (primary N) is 1. The van der Waals surface area contributed by atoms with Gasteiger partial charge in [0, 0.05) is 9.99 Å². The highest BCUT2D eigenvalue weighted by Crippen LogP contribution is 2.17. The molecule has 0 aliphatic rings. The molecule has 1 aromatic rings. The fourth-order valence-electron chi connectivity index (χ4n) is 1.11. The lowest BCUT2D eigenvalue weighted by molar-refractivity contribution is -0.142. The maximum Gasteiger partial charge on any atom is 0.323 e. The maximum absolute atomic E-state index is 10.8. The summed E-state index contributed by atoms with van der Waals surface area (Å²) in [5.74, 6) is -0.975. The lowest BCUT2D eigenvalue weighted by atomic mass is 9.94. The molecule has 3 N–H and O–H groups in total. The molecule has 0 saturated heterocycles. The molecule has 1 unspecified atom stereocenters. The van der Waals surface area contributed by atoms with E-state index in [-0.39, 0.29) is 0 Å². The van der Waals surface area contributed by atoms with E-state index in [1.165, 1.54) is 6.92 Å². The Morgan fingerprint density at radius 1 is 1.57 bits per heavy atom. The number of hydrogen-bond acceptors (Lipinski definition) is 2. The van der Waals surface area contributed by atoms with E-state index in [1.54, 1.807) is 0 Å². The fraction of sp³-hybridized carbons (Fsp3) is 0.300. The van der Waals surface area contributed by atoms with Crippen LogP contribution in [0.25, 0.3) is 0 Å². The van der Waals surface area contributed by atoms with Gasteiger partial charge in [0.25, 0.3) is 0 Å². The van der Waals surface area contributed by atoms with E-state index in [0.29, 0.717) is 6.42 Å². The molecular weight excluding hydrogens is 293 g/mol. The van der Waals surface area contributed by atoms with Crippen molar-refractivity contribution in [1.82, 2.24) is 0 Å². The van der Waals surface area contributed by atoms with E-state index in [1.807, 2.05) is 24.3 Å². The van der Waals surface area contributed by atoms with Crippen LogP contribution in [0.2, 0.25) is 0 Å². The van der Waals surface area contributed by atoms with Crippen LogP contribution in [-0.4, -0.2) is 16.6 Å². The molecule has 1 rings (SSSR count). The van der Waals surface area contributed by atoms with Gasteiger partial charge in [0.15, 0.2) is 0 Å². The molecular formula is C10H12INO2. The van der Waals surface area contributed by atoms with Gasteiger partial charge in [-0.05, 0) is 41.1 Å². The Kier molecular flexibility index (Phi) is 3.49. The Morgan fingerprint density at radius 2 is 2.14 bits per heavy atom. The van der Waals surface area contributed by atoms with Crippen LogP contribution in [0.1, 0.15) is 12.5 Å². The third kappa shape index (κ3) is 2.68. The van der Waals surface area contributed by atoms with Crippen LogP contribution in [0.5, 0.6) is 0 Å². The number of carboxylic acid groups (broad SMARTS) is 1. The Morgan fingerprint density at radius 3 is 2.64 bits per heavy atom. The topological polar surface area (TPSA) is 63.3 Å². The maximum atomic E-state index is 10.8. The lowest BCUT2D eigenvalue weighted by Crippen LogP contribution is -2.46. The summed E-state index contributed by atoms with van der Waals surface area (Å²) in [4.78, 5) is 10.8. The van der Waals surface area contributed by atoms with Crippen molar-refractivity contribution in [2.24, 2.45) is 5.73 Å². The zero-order valence-electron chi connectivity index (χ0n) is 7.83. The number of carboxylic acids is 1. The summed E-state index contributed by atoms with van der Waals surface area (Å²) in [7, 11) is 0. The van der Waals surface area contributed by atoms with Crippen LogP contribution < -0.4 is 5.73 Å². The van der Waals surface area contributed by atoms with E-state index in [0.717, 1.165) is 9.13 Å². The molecule has 0 aromatic heterocycles. The quantitative estimate of drug-likeness (QED) is 0.835. The van der Waals surface area contributed by atoms with E-state index in [2.05, 4.69) is 22.6 Å². The summed E-state index contributed by atoms with van der Waals surface area (Å²) in [5.41, 5.74) is 5.44. The van der Waals surface area contributed by atoms with Crippen molar-refractivity contribution in [3.05, 3.63) is 33.4 Å². The van der Waals surface area contributed by atoms with Crippen molar-refractivity contribution < 1.29 is 9.90 Å². The van der Waals surface area contributed by atoms with Crippen LogP contribution in [0.4, 0.5) is 0 Å². The van der Waals surface area contributed by atoms with Crippen molar-refractivity contribution >= 4 is 28.6 Å². The van der Waals surface area contributed by atoms with Crippen molar-refractivity contribution in [3.63, 3.8) is 0 Å². The molecule has 3 nitrogen and oxygen atoms in total. The second-order valence-corrected chi connectivity index (χ2v) is 4.65. The third-order valence-electron chi connectivity index (χ3n) is 2.00. The van der Waals surface area contributed by atoms with Crippen LogP contribution in [0.3, 0.4) is 0 Å². The normalized spacial score (nSPS) is 14.8. The molecule has 76 valence electrons. The van der Waals surface area contributed by atoms with Gasteiger partial charge in [-0.1, -0.05) is 18.2 Å². The molecule has 0 bridgehead atoms. The molecule has 0 aliphatic carbocycles. The van der Waals surface area contributed by atoms with E-state index < -0.39 is 11.5 Å². The second kappa shape index (κ2) is 4.27. The largest absolute Gasteiger partial charge is 0.480 e. The molecule has 0 amide bonds. The molecule has 1 aromatic carbocycles. The minimum atomic E-state index is -1.19. The van der Waals surface area contributed by atoms with Gasteiger partial charge in [-0.15, -0.1) is 0 Å². The monoisotopic (exact) mass is 305 g/mol. The minimum Gasteiger partial charge on any atom is -0.480 e. The van der Waals surface area contributed by atoms with Crippen molar-refractivity contribution in [2.75, 3.05) is 0 Å². The van der Waals surface area contributed by atoms with Gasteiger partial charge in [0.2, 0.25) is 0 Å². The molecule has 14 heavy (non-hydrogen) atoms. The first-order chi connectivity index (χ1) is 6.43. The summed E-state index contributed by atoms with van der Waals surface area (Å²) in [6, 6.07) is 7.64. The smallest absolute Gasteiger partial charge is 0.323 e. The average molecular weight is 305 g/mol. The summed E-state index contributed by atoms with van der Waals surface area (Å²) in [6.45, 7) is 1.53. The number of carbonyl (C=O) groups is 1. The average Bonchev–Trinajstić information content (AvgIpc) is 2.08. The number of rotatable bonds is 3. The van der Waals surface area contributed by atoms with E-state index >= 15 is 0 Å². The molecule has 0 saturated carbocycles. The SMILES string of the molecule is CC(N)(Cc1ccccc1I)C(=O)O. The Hall–Kier alpha value is -0.620. The van der Waals surface area contributed by atoms with Crippen molar-refractivity contribution in [1.29, 1.82) is 0 Å². The zero-order valence-corrected chi connectivity index (χ0v) is 9.98. The Bertz CT molecular complexity index is 350. The molecule has 4 heteroatoms. The number of benzene rings is 1. The lowest BCUT2D eigenvalue weighted by Gasteiger charge is -2.19.